The molecule has 17 heteroatoms. The Morgan fingerprint density at radius 3 is 2.38 bits per heavy atom. The van der Waals surface area contributed by atoms with Gasteiger partial charge < -0.3 is 24.8 Å². The van der Waals surface area contributed by atoms with Crippen molar-refractivity contribution in [1.29, 1.82) is 0 Å². The Labute approximate surface area is 238 Å². The van der Waals surface area contributed by atoms with Crippen LogP contribution < -0.4 is 10.1 Å². The van der Waals surface area contributed by atoms with Crippen molar-refractivity contribution in [3.05, 3.63) is 76.8 Å². The number of aliphatic carboxylic acids is 1. The number of alkyl halides is 6. The standard InChI is InChI=1S/C23H21ClF4N4O3.C2HF3O2/c24-20-9-16(23(26,27)28)3-6-21(20)35-14-19-13-31(7-8-34-19)22(33)30-18-10-29-32(12-18)11-15-1-4-17(25)5-2-15;3-2(4,5)1(6)7/h1-6,9-10,12,19H,7-8,11,13-14H2,(H,30,33);(H,6,7). The smallest absolute Gasteiger partial charge is 0.489 e. The maximum absolute atomic E-state index is 13.0. The van der Waals surface area contributed by atoms with Crippen molar-refractivity contribution in [1.82, 2.24) is 14.7 Å². The summed E-state index contributed by atoms with van der Waals surface area (Å²) < 4.78 is 95.9. The van der Waals surface area contributed by atoms with Crippen molar-refractivity contribution in [2.75, 3.05) is 31.6 Å². The minimum Gasteiger partial charge on any atom is -0.489 e. The number of nitrogens with zero attached hydrogens (tertiary/aromatic N) is 3. The third-order valence-electron chi connectivity index (χ3n) is 5.49. The lowest BCUT2D eigenvalue weighted by atomic mass is 10.2. The molecule has 1 unspecified atom stereocenters. The Bertz CT molecular complexity index is 1370. The summed E-state index contributed by atoms with van der Waals surface area (Å²) in [5, 5.41) is 13.9. The molecule has 2 N–H and O–H groups in total. The van der Waals surface area contributed by atoms with Crippen LogP contribution in [0.2, 0.25) is 5.02 Å². The number of hydrogen-bond acceptors (Lipinski definition) is 5. The van der Waals surface area contributed by atoms with E-state index in [1.807, 2.05) is 0 Å². The van der Waals surface area contributed by atoms with Gasteiger partial charge in [-0.05, 0) is 35.9 Å². The number of ether oxygens (including phenoxy) is 2. The summed E-state index contributed by atoms with van der Waals surface area (Å²) in [5.41, 5.74) is 0.483. The predicted molar refractivity (Wildman–Crippen MR) is 134 cm³/mol. The third-order valence-corrected chi connectivity index (χ3v) is 5.79. The van der Waals surface area contributed by atoms with Gasteiger partial charge in [0.2, 0.25) is 0 Å². The summed E-state index contributed by atoms with van der Waals surface area (Å²) in [6.45, 7) is 1.26. The highest BCUT2D eigenvalue weighted by Crippen LogP contribution is 2.34. The van der Waals surface area contributed by atoms with Crippen molar-refractivity contribution in [3.63, 3.8) is 0 Å². The first kappa shape index (κ1) is 32.5. The van der Waals surface area contributed by atoms with Gasteiger partial charge in [-0.2, -0.15) is 31.4 Å². The number of aromatic nitrogens is 2. The van der Waals surface area contributed by atoms with Crippen molar-refractivity contribution in [2.24, 2.45) is 0 Å². The highest BCUT2D eigenvalue weighted by atomic mass is 35.5. The summed E-state index contributed by atoms with van der Waals surface area (Å²) >= 11 is 5.92. The molecule has 4 rings (SSSR count). The quantitative estimate of drug-likeness (QED) is 0.341. The molecular weight excluding hydrogens is 605 g/mol. The van der Waals surface area contributed by atoms with Gasteiger partial charge >= 0.3 is 24.4 Å². The zero-order valence-electron chi connectivity index (χ0n) is 21.3. The van der Waals surface area contributed by atoms with Crippen LogP contribution in [0.25, 0.3) is 0 Å². The maximum atomic E-state index is 13.0. The zero-order chi connectivity index (χ0) is 31.1. The number of nitrogens with one attached hydrogen (secondary N) is 1. The first-order valence-corrected chi connectivity index (χ1v) is 12.2. The van der Waals surface area contributed by atoms with Crippen LogP contribution >= 0.6 is 11.6 Å². The van der Waals surface area contributed by atoms with E-state index in [-0.39, 0.29) is 42.4 Å². The molecule has 42 heavy (non-hydrogen) atoms. The van der Waals surface area contributed by atoms with Crippen LogP contribution in [0.1, 0.15) is 11.1 Å². The van der Waals surface area contributed by atoms with E-state index < -0.39 is 30.0 Å². The highest BCUT2D eigenvalue weighted by Gasteiger charge is 2.38. The fraction of sp³-hybridized carbons (Fsp3) is 0.320. The SMILES string of the molecule is O=C(Nc1cnn(Cc2ccc(F)cc2)c1)N1CCOC(COc2ccc(C(F)(F)F)cc2Cl)C1.O=C(O)C(F)(F)F. The van der Waals surface area contributed by atoms with Gasteiger partial charge in [0.25, 0.3) is 0 Å². The van der Waals surface area contributed by atoms with Gasteiger partial charge in [0.1, 0.15) is 24.3 Å². The van der Waals surface area contributed by atoms with Crippen molar-refractivity contribution >= 4 is 29.3 Å². The first-order valence-electron chi connectivity index (χ1n) is 11.9. The number of carboxylic acid groups (broad SMARTS) is 1. The summed E-state index contributed by atoms with van der Waals surface area (Å²) in [6, 6.07) is 8.53. The molecule has 1 atom stereocenters. The molecule has 2 heterocycles. The average molecular weight is 627 g/mol. The molecule has 2 aromatic carbocycles. The van der Waals surface area contributed by atoms with Gasteiger partial charge in [0.05, 0.1) is 42.2 Å². The molecule has 0 saturated carbocycles. The number of benzene rings is 2. The number of carbonyl (C=O) groups excluding carboxylic acids is 1. The van der Waals surface area contributed by atoms with Gasteiger partial charge in [-0.15, -0.1) is 0 Å². The van der Waals surface area contributed by atoms with E-state index in [2.05, 4.69) is 10.4 Å². The van der Waals surface area contributed by atoms with Crippen molar-refractivity contribution < 1.29 is 54.9 Å². The molecule has 2 amide bonds. The van der Waals surface area contributed by atoms with E-state index in [9.17, 15) is 35.5 Å². The van der Waals surface area contributed by atoms with Gasteiger partial charge in [0.15, 0.2) is 0 Å². The molecular formula is C25H22ClF7N4O5. The number of halogens is 8. The fourth-order valence-electron chi connectivity index (χ4n) is 3.48. The van der Waals surface area contributed by atoms with Gasteiger partial charge in [-0.25, -0.2) is 14.0 Å². The molecule has 1 aliphatic heterocycles. The number of anilines is 1. The van der Waals surface area contributed by atoms with E-state index in [0.717, 1.165) is 23.8 Å². The summed E-state index contributed by atoms with van der Waals surface area (Å²) in [5.74, 6) is -2.98. The van der Waals surface area contributed by atoms with Crippen molar-refractivity contribution in [2.45, 2.75) is 25.0 Å². The monoisotopic (exact) mass is 626 g/mol. The van der Waals surface area contributed by atoms with Crippen molar-refractivity contribution in [3.8, 4) is 5.75 Å². The van der Waals surface area contributed by atoms with E-state index >= 15 is 0 Å². The Morgan fingerprint density at radius 1 is 1.12 bits per heavy atom. The number of rotatable bonds is 6. The van der Waals surface area contributed by atoms with Crippen LogP contribution in [0.3, 0.4) is 0 Å². The molecule has 0 bridgehead atoms. The van der Waals surface area contributed by atoms with Crippen LogP contribution in [0.4, 0.5) is 41.2 Å². The van der Waals surface area contributed by atoms with Gasteiger partial charge in [0, 0.05) is 12.7 Å². The second-order valence-corrected chi connectivity index (χ2v) is 9.09. The van der Waals surface area contributed by atoms with E-state index in [1.165, 1.54) is 18.3 Å². The normalized spacial score (nSPS) is 15.4. The van der Waals surface area contributed by atoms with E-state index in [4.69, 9.17) is 31.0 Å². The molecule has 0 spiro atoms. The average Bonchev–Trinajstić information content (AvgIpc) is 3.35. The molecule has 1 saturated heterocycles. The maximum Gasteiger partial charge on any atom is 0.490 e. The highest BCUT2D eigenvalue weighted by molar-refractivity contribution is 6.32. The second kappa shape index (κ2) is 13.7. The molecule has 1 aliphatic rings. The summed E-state index contributed by atoms with van der Waals surface area (Å²) in [6.07, 6.45) is -6.90. The summed E-state index contributed by atoms with van der Waals surface area (Å²) in [4.78, 5) is 23.1. The van der Waals surface area contributed by atoms with E-state index in [1.54, 1.807) is 27.9 Å². The van der Waals surface area contributed by atoms with Gasteiger partial charge in [-0.3, -0.25) is 4.68 Å². The molecule has 3 aromatic rings. The lowest BCUT2D eigenvalue weighted by molar-refractivity contribution is -0.192. The van der Waals surface area contributed by atoms with E-state index in [0.29, 0.717) is 18.8 Å². The molecule has 9 nitrogen and oxygen atoms in total. The van der Waals surface area contributed by atoms with Crippen LogP contribution in [-0.4, -0.2) is 70.4 Å². The summed E-state index contributed by atoms with van der Waals surface area (Å²) in [7, 11) is 0. The number of hydrogen-bond donors (Lipinski definition) is 2. The molecule has 228 valence electrons. The minimum absolute atomic E-state index is 0.00443. The second-order valence-electron chi connectivity index (χ2n) is 8.68. The first-order chi connectivity index (χ1) is 19.6. The Kier molecular flexibility index (Phi) is 10.6. The predicted octanol–water partition coefficient (Wildman–Crippen LogP) is 5.69. The Balaban J connectivity index is 0.000000616. The largest absolute Gasteiger partial charge is 0.490 e. The van der Waals surface area contributed by atoms with Gasteiger partial charge in [-0.1, -0.05) is 23.7 Å². The topological polar surface area (TPSA) is 106 Å². The third kappa shape index (κ3) is 9.80. The Hall–Kier alpha value is -4.05. The number of carbonyl (C=O) groups is 2. The number of morpholine rings is 1. The van der Waals surface area contributed by atoms with Crippen LogP contribution in [0.5, 0.6) is 5.75 Å². The Morgan fingerprint density at radius 2 is 1.79 bits per heavy atom. The molecule has 0 aliphatic carbocycles. The number of urea groups is 1. The molecule has 0 radical (unpaired) electrons. The van der Waals surface area contributed by atoms with Crippen LogP contribution in [-0.2, 0) is 22.3 Å². The number of amides is 2. The lowest BCUT2D eigenvalue weighted by Crippen LogP contribution is -2.49. The lowest BCUT2D eigenvalue weighted by Gasteiger charge is -2.32. The van der Waals surface area contributed by atoms with Crippen LogP contribution in [0.15, 0.2) is 54.9 Å². The fourth-order valence-corrected chi connectivity index (χ4v) is 3.71. The number of carboxylic acids is 1. The minimum atomic E-state index is -5.08. The van der Waals surface area contributed by atoms with Crippen LogP contribution in [0, 0.1) is 5.82 Å². The molecule has 1 aromatic heterocycles. The molecule has 1 fully saturated rings. The zero-order valence-corrected chi connectivity index (χ0v) is 22.0.